The summed E-state index contributed by atoms with van der Waals surface area (Å²) in [6.45, 7) is 2.95. The summed E-state index contributed by atoms with van der Waals surface area (Å²) in [5.41, 5.74) is 4.42. The zero-order chi connectivity index (χ0) is 19.3. The van der Waals surface area contributed by atoms with E-state index >= 15 is 0 Å². The highest BCUT2D eigenvalue weighted by molar-refractivity contribution is 5.94. The molecule has 2 amide bonds. The molecule has 0 aliphatic carbocycles. The van der Waals surface area contributed by atoms with Gasteiger partial charge in [0.15, 0.2) is 0 Å². The molecule has 2 atom stereocenters. The predicted molar refractivity (Wildman–Crippen MR) is 101 cm³/mol. The molecule has 1 N–H and O–H groups in total. The Bertz CT molecular complexity index is 792. The van der Waals surface area contributed by atoms with E-state index in [1.54, 1.807) is 24.3 Å². The van der Waals surface area contributed by atoms with Gasteiger partial charge in [0.25, 0.3) is 5.91 Å². The van der Waals surface area contributed by atoms with E-state index in [4.69, 9.17) is 9.47 Å². The monoisotopic (exact) mass is 369 g/mol. The molecule has 142 valence electrons. The third-order valence-electron chi connectivity index (χ3n) is 5.05. The van der Waals surface area contributed by atoms with Gasteiger partial charge in [0.05, 0.1) is 7.11 Å². The van der Waals surface area contributed by atoms with E-state index < -0.39 is 6.09 Å². The lowest BCUT2D eigenvalue weighted by Gasteiger charge is -2.32. The largest absolute Gasteiger partial charge is 0.541 e. The summed E-state index contributed by atoms with van der Waals surface area (Å²) in [7, 11) is 1.35. The van der Waals surface area contributed by atoms with Gasteiger partial charge in [-0.1, -0.05) is 30.3 Å². The van der Waals surface area contributed by atoms with E-state index in [0.29, 0.717) is 24.5 Å². The van der Waals surface area contributed by atoms with Gasteiger partial charge in [-0.15, -0.1) is 4.59 Å². The van der Waals surface area contributed by atoms with Crippen LogP contribution in [0.4, 0.5) is 4.79 Å². The summed E-state index contributed by atoms with van der Waals surface area (Å²) in [4.78, 5) is 25.0. The molecule has 1 saturated heterocycles. The van der Waals surface area contributed by atoms with Crippen molar-refractivity contribution >= 4 is 12.0 Å². The molecular formula is C21H25N2O4+. The van der Waals surface area contributed by atoms with Crippen molar-refractivity contribution in [2.45, 2.75) is 32.4 Å². The number of carbonyl (C=O) groups excluding carboxylic acids is 2. The summed E-state index contributed by atoms with van der Waals surface area (Å²) < 4.78 is 10.5. The third-order valence-corrected chi connectivity index (χ3v) is 5.05. The SMILES string of the molecule is COC(=O)[N+]1(NC(=O)c2ccc(OCc3ccccc3)cc2)CCC[C@H]1C. The van der Waals surface area contributed by atoms with Crippen LogP contribution in [0, 0.1) is 0 Å². The Morgan fingerprint density at radius 1 is 1.11 bits per heavy atom. The van der Waals surface area contributed by atoms with Crippen LogP contribution >= 0.6 is 0 Å². The molecule has 0 spiro atoms. The number of carbonyl (C=O) groups is 2. The lowest BCUT2D eigenvalue weighted by Crippen LogP contribution is -2.65. The van der Waals surface area contributed by atoms with Crippen LogP contribution < -0.4 is 10.2 Å². The smallest absolute Gasteiger partial charge is 0.489 e. The fourth-order valence-electron chi connectivity index (χ4n) is 3.41. The van der Waals surface area contributed by atoms with Crippen molar-refractivity contribution in [1.29, 1.82) is 0 Å². The second kappa shape index (κ2) is 8.22. The Morgan fingerprint density at radius 3 is 2.41 bits per heavy atom. The molecule has 3 rings (SSSR count). The van der Waals surface area contributed by atoms with Gasteiger partial charge in [0.1, 0.15) is 24.9 Å². The second-order valence-corrected chi connectivity index (χ2v) is 6.79. The number of hydrogen-bond donors (Lipinski definition) is 1. The molecule has 0 saturated carbocycles. The summed E-state index contributed by atoms with van der Waals surface area (Å²) in [5, 5.41) is 0. The normalized spacial score (nSPS) is 21.5. The first-order valence-corrected chi connectivity index (χ1v) is 9.11. The first-order chi connectivity index (χ1) is 13.0. The highest BCUT2D eigenvalue weighted by atomic mass is 16.6. The van der Waals surface area contributed by atoms with Crippen LogP contribution in [0.1, 0.15) is 35.7 Å². The van der Waals surface area contributed by atoms with Gasteiger partial charge in [-0.25, -0.2) is 0 Å². The standard InChI is InChI=1S/C21H24N2O4/c1-16-7-6-14-23(16,21(25)26-2)22-20(24)18-10-12-19(13-11-18)27-15-17-8-4-3-5-9-17/h3-5,8-13,16H,6-7,14-15H2,1-2H3/p+1/t16-,23?/m1/s1. The van der Waals surface area contributed by atoms with Crippen molar-refractivity contribution in [1.82, 2.24) is 5.43 Å². The molecule has 6 heteroatoms. The summed E-state index contributed by atoms with van der Waals surface area (Å²) in [6, 6.07) is 16.8. The molecule has 1 fully saturated rings. The molecule has 0 bridgehead atoms. The van der Waals surface area contributed by atoms with Crippen LogP contribution in [0.2, 0.25) is 0 Å². The number of rotatable bonds is 4. The molecule has 1 aliphatic heterocycles. The fraction of sp³-hybridized carbons (Fsp3) is 0.333. The molecule has 1 unspecified atom stereocenters. The Morgan fingerprint density at radius 2 is 1.81 bits per heavy atom. The van der Waals surface area contributed by atoms with Crippen molar-refractivity contribution in [2.75, 3.05) is 13.7 Å². The average molecular weight is 369 g/mol. The van der Waals surface area contributed by atoms with E-state index in [1.807, 2.05) is 37.3 Å². The van der Waals surface area contributed by atoms with Crippen molar-refractivity contribution in [3.05, 3.63) is 65.7 Å². The summed E-state index contributed by atoms with van der Waals surface area (Å²) >= 11 is 0. The van der Waals surface area contributed by atoms with Gasteiger partial charge in [-0.2, -0.15) is 10.2 Å². The van der Waals surface area contributed by atoms with Crippen molar-refractivity contribution in [3.63, 3.8) is 0 Å². The van der Waals surface area contributed by atoms with Crippen molar-refractivity contribution < 1.29 is 23.7 Å². The number of nitrogens with one attached hydrogen (secondary N) is 1. The first-order valence-electron chi connectivity index (χ1n) is 9.11. The van der Waals surface area contributed by atoms with Gasteiger partial charge >= 0.3 is 6.09 Å². The van der Waals surface area contributed by atoms with Crippen LogP contribution in [0.25, 0.3) is 0 Å². The molecule has 6 nitrogen and oxygen atoms in total. The van der Waals surface area contributed by atoms with Gasteiger partial charge in [-0.3, -0.25) is 4.79 Å². The predicted octanol–water partition coefficient (Wildman–Crippen LogP) is 3.68. The number of hydrogen-bond acceptors (Lipinski definition) is 4. The minimum Gasteiger partial charge on any atom is -0.489 e. The number of benzene rings is 2. The number of methoxy groups -OCH3 is 1. The zero-order valence-electron chi connectivity index (χ0n) is 15.7. The van der Waals surface area contributed by atoms with Gasteiger partial charge in [0, 0.05) is 18.4 Å². The molecule has 1 aliphatic rings. The van der Waals surface area contributed by atoms with Gasteiger partial charge in [-0.05, 0) is 36.8 Å². The number of likely N-dealkylation sites (tertiary alicyclic amines) is 1. The van der Waals surface area contributed by atoms with E-state index in [2.05, 4.69) is 5.43 Å². The average Bonchev–Trinajstić information content (AvgIpc) is 3.08. The summed E-state index contributed by atoms with van der Waals surface area (Å²) in [6.07, 6.45) is 1.29. The molecule has 2 aromatic carbocycles. The molecular weight excluding hydrogens is 344 g/mol. The zero-order valence-corrected chi connectivity index (χ0v) is 15.7. The Balaban J connectivity index is 1.65. The van der Waals surface area contributed by atoms with Crippen LogP contribution in [0.3, 0.4) is 0 Å². The number of nitrogens with zero attached hydrogens (tertiary/aromatic N) is 1. The Kier molecular flexibility index (Phi) is 5.76. The summed E-state index contributed by atoms with van der Waals surface area (Å²) in [5.74, 6) is 0.380. The van der Waals surface area contributed by atoms with Gasteiger partial charge in [0.2, 0.25) is 0 Å². The Labute approximate surface area is 159 Å². The molecule has 0 aromatic heterocycles. The van der Waals surface area contributed by atoms with E-state index in [9.17, 15) is 9.59 Å². The van der Waals surface area contributed by atoms with Gasteiger partial charge < -0.3 is 9.47 Å². The minimum atomic E-state index is -0.434. The maximum Gasteiger partial charge on any atom is 0.541 e. The number of amides is 2. The maximum atomic E-state index is 12.7. The Hall–Kier alpha value is -2.86. The lowest BCUT2D eigenvalue weighted by atomic mass is 10.2. The highest BCUT2D eigenvalue weighted by Crippen LogP contribution is 2.26. The fourth-order valence-corrected chi connectivity index (χ4v) is 3.41. The number of ether oxygens (including phenoxy) is 2. The third kappa shape index (κ3) is 4.11. The molecule has 27 heavy (non-hydrogen) atoms. The van der Waals surface area contributed by atoms with Crippen LogP contribution in [-0.4, -0.2) is 36.3 Å². The quantitative estimate of drug-likeness (QED) is 0.835. The lowest BCUT2D eigenvalue weighted by molar-refractivity contribution is -0.901. The van der Waals surface area contributed by atoms with Crippen molar-refractivity contribution in [2.24, 2.45) is 0 Å². The maximum absolute atomic E-state index is 12.7. The second-order valence-electron chi connectivity index (χ2n) is 6.79. The van der Waals surface area contributed by atoms with Crippen LogP contribution in [-0.2, 0) is 11.3 Å². The number of quaternary nitrogens is 1. The first kappa shape index (κ1) is 18.9. The van der Waals surface area contributed by atoms with Crippen LogP contribution in [0.15, 0.2) is 54.6 Å². The highest BCUT2D eigenvalue weighted by Gasteiger charge is 2.49. The van der Waals surface area contributed by atoms with Crippen LogP contribution in [0.5, 0.6) is 5.75 Å². The van der Waals surface area contributed by atoms with Crippen molar-refractivity contribution in [3.8, 4) is 5.75 Å². The molecule has 1 heterocycles. The minimum absolute atomic E-state index is 0.0186. The molecule has 0 radical (unpaired) electrons. The van der Waals surface area contributed by atoms with E-state index in [1.165, 1.54) is 7.11 Å². The van der Waals surface area contributed by atoms with E-state index in [-0.39, 0.29) is 16.5 Å². The molecule has 2 aromatic rings. The van der Waals surface area contributed by atoms with E-state index in [0.717, 1.165) is 18.4 Å². The topological polar surface area (TPSA) is 64.6 Å².